The lowest BCUT2D eigenvalue weighted by atomic mass is 10.1. The van der Waals surface area contributed by atoms with Gasteiger partial charge in [-0.25, -0.2) is 0 Å². The van der Waals surface area contributed by atoms with Gasteiger partial charge < -0.3 is 5.32 Å². The number of amides is 1. The first-order chi connectivity index (χ1) is 8.86. The van der Waals surface area contributed by atoms with E-state index >= 15 is 0 Å². The molecule has 1 aromatic carbocycles. The molecule has 0 saturated carbocycles. The molecule has 0 bridgehead atoms. The maximum atomic E-state index is 12.1. The summed E-state index contributed by atoms with van der Waals surface area (Å²) in [5, 5.41) is 13.8. The van der Waals surface area contributed by atoms with Gasteiger partial charge in [-0.2, -0.15) is 0 Å². The second-order valence-corrected chi connectivity index (χ2v) is 5.53. The summed E-state index contributed by atoms with van der Waals surface area (Å²) in [4.78, 5) is 23.4. The Morgan fingerprint density at radius 1 is 1.37 bits per heavy atom. The van der Waals surface area contributed by atoms with E-state index in [9.17, 15) is 14.9 Å². The van der Waals surface area contributed by atoms with Crippen LogP contribution >= 0.6 is 11.8 Å². The minimum atomic E-state index is -0.529. The van der Waals surface area contributed by atoms with Gasteiger partial charge in [0.25, 0.3) is 11.6 Å². The highest BCUT2D eigenvalue weighted by Gasteiger charge is 2.22. The summed E-state index contributed by atoms with van der Waals surface area (Å²) in [7, 11) is 0. The third kappa shape index (κ3) is 3.96. The second-order valence-electron chi connectivity index (χ2n) is 4.65. The number of hydrogen-bond acceptors (Lipinski definition) is 4. The molecule has 6 heteroatoms. The van der Waals surface area contributed by atoms with Crippen LogP contribution in [0, 0.1) is 16.0 Å². The first kappa shape index (κ1) is 15.5. The molecule has 0 aromatic heterocycles. The quantitative estimate of drug-likeness (QED) is 0.511. The Hall–Kier alpha value is -1.56. The van der Waals surface area contributed by atoms with Gasteiger partial charge in [0.1, 0.15) is 5.56 Å². The molecule has 0 spiro atoms. The lowest BCUT2D eigenvalue weighted by molar-refractivity contribution is -0.385. The second kappa shape index (κ2) is 6.56. The van der Waals surface area contributed by atoms with Gasteiger partial charge in [-0.15, -0.1) is 11.8 Å². The Labute approximate surface area is 116 Å². The van der Waals surface area contributed by atoms with E-state index in [1.165, 1.54) is 17.8 Å². The first-order valence-corrected chi connectivity index (χ1v) is 7.22. The third-order valence-corrected chi connectivity index (χ3v) is 3.73. The Bertz CT molecular complexity index is 489. The molecular formula is C13H18N2O3S. The number of nitro groups is 1. The van der Waals surface area contributed by atoms with Crippen molar-refractivity contribution in [3.63, 3.8) is 0 Å². The number of hydrogen-bond donors (Lipinski definition) is 1. The van der Waals surface area contributed by atoms with Crippen LogP contribution in [0.3, 0.4) is 0 Å². The molecule has 0 aliphatic carbocycles. The highest BCUT2D eigenvalue weighted by atomic mass is 32.2. The fourth-order valence-corrected chi connectivity index (χ4v) is 1.87. The van der Waals surface area contributed by atoms with E-state index < -0.39 is 10.8 Å². The van der Waals surface area contributed by atoms with Gasteiger partial charge >= 0.3 is 0 Å². The van der Waals surface area contributed by atoms with Gasteiger partial charge in [0, 0.05) is 17.0 Å². The van der Waals surface area contributed by atoms with Gasteiger partial charge in [0.2, 0.25) is 0 Å². The van der Waals surface area contributed by atoms with Crippen molar-refractivity contribution in [2.75, 3.05) is 6.26 Å². The van der Waals surface area contributed by atoms with Crippen molar-refractivity contribution >= 4 is 23.4 Å². The number of carbonyl (C=O) groups is 1. The van der Waals surface area contributed by atoms with Crippen molar-refractivity contribution in [1.29, 1.82) is 0 Å². The smallest absolute Gasteiger partial charge is 0.282 e. The number of rotatable bonds is 5. The SMILES string of the molecule is CSc1ccc([N+](=O)[O-])c(C(=O)NC(C)C(C)C)c1. The number of thioether (sulfide) groups is 1. The Morgan fingerprint density at radius 3 is 2.47 bits per heavy atom. The Balaban J connectivity index is 3.09. The largest absolute Gasteiger partial charge is 0.349 e. The molecule has 0 fully saturated rings. The van der Waals surface area contributed by atoms with E-state index in [2.05, 4.69) is 5.32 Å². The fourth-order valence-electron chi connectivity index (χ4n) is 1.43. The Kier molecular flexibility index (Phi) is 5.35. The van der Waals surface area contributed by atoms with Crippen LogP contribution in [0.2, 0.25) is 0 Å². The molecule has 1 rings (SSSR count). The highest BCUT2D eigenvalue weighted by molar-refractivity contribution is 7.98. The van der Waals surface area contributed by atoms with Crippen molar-refractivity contribution in [3.8, 4) is 0 Å². The molecule has 19 heavy (non-hydrogen) atoms. The number of nitrogens with one attached hydrogen (secondary N) is 1. The molecule has 104 valence electrons. The number of nitrogens with zero attached hydrogens (tertiary/aromatic N) is 1. The van der Waals surface area contributed by atoms with Gasteiger partial charge in [-0.1, -0.05) is 13.8 Å². The monoisotopic (exact) mass is 282 g/mol. The molecule has 1 amide bonds. The molecule has 0 aliphatic heterocycles. The summed E-state index contributed by atoms with van der Waals surface area (Å²) in [6.45, 7) is 5.85. The van der Waals surface area contributed by atoms with Gasteiger partial charge in [-0.05, 0) is 31.2 Å². The van der Waals surface area contributed by atoms with Gasteiger partial charge in [-0.3, -0.25) is 14.9 Å². The van der Waals surface area contributed by atoms with Crippen LogP contribution in [0.4, 0.5) is 5.69 Å². The maximum absolute atomic E-state index is 12.1. The van der Waals surface area contributed by atoms with Gasteiger partial charge in [0.05, 0.1) is 4.92 Å². The summed E-state index contributed by atoms with van der Waals surface area (Å²) in [6, 6.07) is 4.54. The fraction of sp³-hybridized carbons (Fsp3) is 0.462. The molecule has 0 heterocycles. The van der Waals surface area contributed by atoms with E-state index in [0.717, 1.165) is 4.90 Å². The first-order valence-electron chi connectivity index (χ1n) is 6.00. The van der Waals surface area contributed by atoms with Crippen molar-refractivity contribution in [2.24, 2.45) is 5.92 Å². The van der Waals surface area contributed by atoms with Crippen LogP contribution in [-0.2, 0) is 0 Å². The molecule has 1 aromatic rings. The normalized spacial score (nSPS) is 12.3. The lowest BCUT2D eigenvalue weighted by Crippen LogP contribution is -2.36. The molecule has 1 N–H and O–H groups in total. The van der Waals surface area contributed by atoms with E-state index in [0.29, 0.717) is 0 Å². The molecule has 5 nitrogen and oxygen atoms in total. The molecule has 0 radical (unpaired) electrons. The average molecular weight is 282 g/mol. The van der Waals surface area contributed by atoms with Crippen molar-refractivity contribution in [1.82, 2.24) is 5.32 Å². The standard InChI is InChI=1S/C13H18N2O3S/c1-8(2)9(3)14-13(16)11-7-10(19-4)5-6-12(11)15(17)18/h5-9H,1-4H3,(H,14,16). The van der Waals surface area contributed by atoms with Crippen LogP contribution in [0.25, 0.3) is 0 Å². The van der Waals surface area contributed by atoms with Crippen LogP contribution < -0.4 is 5.32 Å². The minimum absolute atomic E-state index is 0.0370. The van der Waals surface area contributed by atoms with Crippen molar-refractivity contribution < 1.29 is 9.72 Å². The number of benzene rings is 1. The van der Waals surface area contributed by atoms with E-state index in [1.807, 2.05) is 27.0 Å². The van der Waals surface area contributed by atoms with Crippen molar-refractivity contribution in [2.45, 2.75) is 31.7 Å². The lowest BCUT2D eigenvalue weighted by Gasteiger charge is -2.17. The predicted molar refractivity (Wildman–Crippen MR) is 76.6 cm³/mol. The highest BCUT2D eigenvalue weighted by Crippen LogP contribution is 2.24. The van der Waals surface area contributed by atoms with Crippen LogP contribution in [0.15, 0.2) is 23.1 Å². The summed E-state index contributed by atoms with van der Waals surface area (Å²) >= 11 is 1.44. The van der Waals surface area contributed by atoms with Crippen molar-refractivity contribution in [3.05, 3.63) is 33.9 Å². The third-order valence-electron chi connectivity index (χ3n) is 3.00. The van der Waals surface area contributed by atoms with E-state index in [1.54, 1.807) is 12.1 Å². The van der Waals surface area contributed by atoms with Crippen LogP contribution in [0.1, 0.15) is 31.1 Å². The zero-order valence-electron chi connectivity index (χ0n) is 11.5. The van der Waals surface area contributed by atoms with Crippen LogP contribution in [0.5, 0.6) is 0 Å². The predicted octanol–water partition coefficient (Wildman–Crippen LogP) is 3.09. The summed E-state index contributed by atoms with van der Waals surface area (Å²) in [5.74, 6) is -0.129. The molecule has 0 aliphatic rings. The zero-order valence-corrected chi connectivity index (χ0v) is 12.3. The van der Waals surface area contributed by atoms with Crippen LogP contribution in [-0.4, -0.2) is 23.1 Å². The van der Waals surface area contributed by atoms with Gasteiger partial charge in [0.15, 0.2) is 0 Å². The molecule has 0 saturated heterocycles. The minimum Gasteiger partial charge on any atom is -0.349 e. The zero-order chi connectivity index (χ0) is 14.6. The summed E-state index contributed by atoms with van der Waals surface area (Å²) < 4.78 is 0. The summed E-state index contributed by atoms with van der Waals surface area (Å²) in [5.41, 5.74) is -0.0457. The average Bonchev–Trinajstić information content (AvgIpc) is 2.37. The summed E-state index contributed by atoms with van der Waals surface area (Å²) in [6.07, 6.45) is 1.86. The van der Waals surface area contributed by atoms with E-state index in [4.69, 9.17) is 0 Å². The number of carbonyl (C=O) groups excluding carboxylic acids is 1. The van der Waals surface area contributed by atoms with E-state index in [-0.39, 0.29) is 23.2 Å². The number of nitro benzene ring substituents is 1. The molecule has 1 unspecified atom stereocenters. The maximum Gasteiger partial charge on any atom is 0.282 e. The molecular weight excluding hydrogens is 264 g/mol. The Morgan fingerprint density at radius 2 is 2.00 bits per heavy atom. The molecule has 1 atom stereocenters. The topological polar surface area (TPSA) is 72.2 Å².